The smallest absolute Gasteiger partial charge is 0.167 e. The van der Waals surface area contributed by atoms with E-state index in [1.165, 1.54) is 11.1 Å². The molecule has 1 aliphatic rings. The molecule has 0 heterocycles. The number of hydrogen-bond acceptors (Lipinski definition) is 1. The van der Waals surface area contributed by atoms with Gasteiger partial charge < -0.3 is 0 Å². The molecular weight excluding hydrogens is 371 g/mol. The van der Waals surface area contributed by atoms with E-state index in [9.17, 15) is 4.79 Å². The Morgan fingerprint density at radius 1 is 1.11 bits per heavy atom. The first kappa shape index (κ1) is 13.1. The van der Waals surface area contributed by atoms with Crippen molar-refractivity contribution >= 4 is 40.0 Å². The molecule has 0 atom stereocenters. The molecule has 0 spiro atoms. The predicted octanol–water partition coefficient (Wildman–Crippen LogP) is 4.54. The summed E-state index contributed by atoms with van der Waals surface area (Å²) in [5.41, 5.74) is 3.36. The average molecular weight is 383 g/mol. The van der Waals surface area contributed by atoms with Crippen molar-refractivity contribution in [3.63, 3.8) is 0 Å². The molecular formula is C16H12ClIO. The highest BCUT2D eigenvalue weighted by molar-refractivity contribution is 14.1. The summed E-state index contributed by atoms with van der Waals surface area (Å²) in [7, 11) is 0. The second-order valence-corrected chi connectivity index (χ2v) is 6.46. The van der Waals surface area contributed by atoms with Crippen molar-refractivity contribution in [2.75, 3.05) is 0 Å². The topological polar surface area (TPSA) is 17.1 Å². The molecule has 3 rings (SSSR count). The van der Waals surface area contributed by atoms with Gasteiger partial charge in [-0.25, -0.2) is 0 Å². The molecule has 0 N–H and O–H groups in total. The van der Waals surface area contributed by atoms with Gasteiger partial charge in [0.05, 0.1) is 0 Å². The fourth-order valence-electron chi connectivity index (χ4n) is 2.65. The molecule has 1 aliphatic carbocycles. The van der Waals surface area contributed by atoms with Crippen LogP contribution in [0, 0.1) is 9.49 Å². The van der Waals surface area contributed by atoms with Gasteiger partial charge in [0.15, 0.2) is 5.78 Å². The lowest BCUT2D eigenvalue weighted by molar-refractivity contribution is 0.0924. The third-order valence-corrected chi connectivity index (χ3v) is 4.79. The van der Waals surface area contributed by atoms with Crippen molar-refractivity contribution in [2.24, 2.45) is 5.92 Å². The molecule has 0 radical (unpaired) electrons. The summed E-state index contributed by atoms with van der Waals surface area (Å²) >= 11 is 8.20. The SMILES string of the molecule is O=C(c1cc(Cl)ccc1I)C1Cc2ccccc2C1. The lowest BCUT2D eigenvalue weighted by Gasteiger charge is -2.10. The summed E-state index contributed by atoms with van der Waals surface area (Å²) in [4.78, 5) is 12.6. The number of carbonyl (C=O) groups excluding carboxylic acids is 1. The molecule has 0 aliphatic heterocycles. The van der Waals surface area contributed by atoms with Crippen LogP contribution in [0.2, 0.25) is 5.02 Å². The van der Waals surface area contributed by atoms with Gasteiger partial charge in [0.2, 0.25) is 0 Å². The maximum Gasteiger partial charge on any atom is 0.167 e. The van der Waals surface area contributed by atoms with E-state index < -0.39 is 0 Å². The van der Waals surface area contributed by atoms with E-state index in [4.69, 9.17) is 11.6 Å². The maximum absolute atomic E-state index is 12.6. The molecule has 1 nitrogen and oxygen atoms in total. The zero-order chi connectivity index (χ0) is 13.4. The molecule has 0 saturated carbocycles. The van der Waals surface area contributed by atoms with Crippen molar-refractivity contribution in [1.29, 1.82) is 0 Å². The lowest BCUT2D eigenvalue weighted by Crippen LogP contribution is -2.16. The number of hydrogen-bond donors (Lipinski definition) is 0. The van der Waals surface area contributed by atoms with Gasteiger partial charge >= 0.3 is 0 Å². The summed E-state index contributed by atoms with van der Waals surface area (Å²) in [5.74, 6) is 0.271. The Bertz CT molecular complexity index is 626. The fraction of sp³-hybridized carbons (Fsp3) is 0.188. The van der Waals surface area contributed by atoms with Crippen molar-refractivity contribution in [2.45, 2.75) is 12.8 Å². The van der Waals surface area contributed by atoms with Crippen LogP contribution >= 0.6 is 34.2 Å². The zero-order valence-electron chi connectivity index (χ0n) is 10.2. The third kappa shape index (κ3) is 2.56. The number of ketones is 1. The van der Waals surface area contributed by atoms with E-state index >= 15 is 0 Å². The van der Waals surface area contributed by atoms with E-state index in [0.717, 1.165) is 22.0 Å². The Kier molecular flexibility index (Phi) is 3.63. The Labute approximate surface area is 131 Å². The zero-order valence-corrected chi connectivity index (χ0v) is 13.1. The minimum Gasteiger partial charge on any atom is -0.294 e. The van der Waals surface area contributed by atoms with E-state index in [1.54, 1.807) is 6.07 Å². The second kappa shape index (κ2) is 5.25. The average Bonchev–Trinajstić information content (AvgIpc) is 2.84. The van der Waals surface area contributed by atoms with Crippen LogP contribution < -0.4 is 0 Å². The maximum atomic E-state index is 12.6. The van der Waals surface area contributed by atoms with Crippen LogP contribution in [-0.2, 0) is 12.8 Å². The summed E-state index contributed by atoms with van der Waals surface area (Å²) < 4.78 is 0.975. The summed E-state index contributed by atoms with van der Waals surface area (Å²) in [6.07, 6.45) is 1.69. The van der Waals surface area contributed by atoms with Gasteiger partial charge in [-0.05, 0) is 64.8 Å². The van der Waals surface area contributed by atoms with Crippen molar-refractivity contribution in [3.05, 3.63) is 67.7 Å². The van der Waals surface area contributed by atoms with Crippen LogP contribution in [-0.4, -0.2) is 5.78 Å². The molecule has 0 fully saturated rings. The molecule has 2 aromatic carbocycles. The van der Waals surface area contributed by atoms with Gasteiger partial charge in [0.1, 0.15) is 0 Å². The van der Waals surface area contributed by atoms with E-state index in [-0.39, 0.29) is 11.7 Å². The monoisotopic (exact) mass is 382 g/mol. The number of rotatable bonds is 2. The molecule has 0 aromatic heterocycles. The van der Waals surface area contributed by atoms with Gasteiger partial charge in [-0.1, -0.05) is 35.9 Å². The van der Waals surface area contributed by atoms with Gasteiger partial charge in [-0.3, -0.25) is 4.79 Å². The molecule has 96 valence electrons. The molecule has 0 unspecified atom stereocenters. The fourth-order valence-corrected chi connectivity index (χ4v) is 3.42. The molecule has 19 heavy (non-hydrogen) atoms. The number of Topliss-reactive ketones (excluding diaryl/α,β-unsaturated/α-hetero) is 1. The van der Waals surface area contributed by atoms with Gasteiger partial charge in [-0.2, -0.15) is 0 Å². The Balaban J connectivity index is 1.89. The number of benzene rings is 2. The van der Waals surface area contributed by atoms with Crippen LogP contribution in [0.3, 0.4) is 0 Å². The van der Waals surface area contributed by atoms with Crippen molar-refractivity contribution in [3.8, 4) is 0 Å². The highest BCUT2D eigenvalue weighted by Gasteiger charge is 2.28. The standard InChI is InChI=1S/C16H12ClIO/c17-13-5-6-15(18)14(9-13)16(19)12-7-10-3-1-2-4-11(10)8-12/h1-6,9,12H,7-8H2. The summed E-state index contributed by atoms with van der Waals surface area (Å²) in [6, 6.07) is 13.8. The highest BCUT2D eigenvalue weighted by atomic mass is 127. The Hall–Kier alpha value is -0.870. The van der Waals surface area contributed by atoms with E-state index in [2.05, 4.69) is 34.7 Å². The predicted molar refractivity (Wildman–Crippen MR) is 85.8 cm³/mol. The van der Waals surface area contributed by atoms with Crippen molar-refractivity contribution in [1.82, 2.24) is 0 Å². The van der Waals surface area contributed by atoms with Crippen LogP contribution in [0.1, 0.15) is 21.5 Å². The largest absolute Gasteiger partial charge is 0.294 e. The summed E-state index contributed by atoms with van der Waals surface area (Å²) in [5, 5.41) is 0.624. The Morgan fingerprint density at radius 2 is 1.74 bits per heavy atom. The van der Waals surface area contributed by atoms with E-state index in [1.807, 2.05) is 24.3 Å². The first-order valence-electron chi connectivity index (χ1n) is 6.21. The lowest BCUT2D eigenvalue weighted by atomic mass is 9.95. The third-order valence-electron chi connectivity index (χ3n) is 3.62. The molecule has 2 aromatic rings. The molecule has 0 saturated heterocycles. The minimum atomic E-state index is 0.0596. The van der Waals surface area contributed by atoms with Crippen LogP contribution in [0.5, 0.6) is 0 Å². The summed E-state index contributed by atoms with van der Waals surface area (Å²) in [6.45, 7) is 0. The van der Waals surface area contributed by atoms with Gasteiger partial charge in [0.25, 0.3) is 0 Å². The number of halogens is 2. The minimum absolute atomic E-state index is 0.0596. The quantitative estimate of drug-likeness (QED) is 0.550. The van der Waals surface area contributed by atoms with Crippen LogP contribution in [0.4, 0.5) is 0 Å². The first-order valence-corrected chi connectivity index (χ1v) is 7.67. The second-order valence-electron chi connectivity index (χ2n) is 4.86. The molecule has 0 amide bonds. The van der Waals surface area contributed by atoms with Crippen LogP contribution in [0.15, 0.2) is 42.5 Å². The van der Waals surface area contributed by atoms with E-state index in [0.29, 0.717) is 5.02 Å². The van der Waals surface area contributed by atoms with Gasteiger partial charge in [0, 0.05) is 20.1 Å². The molecule has 3 heteroatoms. The first-order chi connectivity index (χ1) is 9.15. The highest BCUT2D eigenvalue weighted by Crippen LogP contribution is 2.30. The Morgan fingerprint density at radius 3 is 2.37 bits per heavy atom. The van der Waals surface area contributed by atoms with Gasteiger partial charge in [-0.15, -0.1) is 0 Å². The van der Waals surface area contributed by atoms with Crippen LogP contribution in [0.25, 0.3) is 0 Å². The normalized spacial score (nSPS) is 14.4. The number of fused-ring (bicyclic) bond motifs is 1. The van der Waals surface area contributed by atoms with Crippen molar-refractivity contribution < 1.29 is 4.79 Å². The number of carbonyl (C=O) groups is 1. The molecule has 0 bridgehead atoms.